The second kappa shape index (κ2) is 5.93. The molecule has 0 aliphatic carbocycles. The maximum absolute atomic E-state index is 6.03. The van der Waals surface area contributed by atoms with Crippen molar-refractivity contribution in [2.75, 3.05) is 26.7 Å². The molecule has 0 spiro atoms. The molecular formula is C16H26N2O. The van der Waals surface area contributed by atoms with Crippen LogP contribution in [0.4, 0.5) is 0 Å². The topological polar surface area (TPSA) is 38.5 Å². The maximum atomic E-state index is 6.03. The number of ether oxygens (including phenoxy) is 1. The average molecular weight is 262 g/mol. The lowest BCUT2D eigenvalue weighted by Gasteiger charge is -2.41. The summed E-state index contributed by atoms with van der Waals surface area (Å²) in [5.41, 5.74) is 7.49. The van der Waals surface area contributed by atoms with Gasteiger partial charge in [-0.2, -0.15) is 0 Å². The van der Waals surface area contributed by atoms with Crippen molar-refractivity contribution < 1.29 is 4.74 Å². The zero-order chi connectivity index (χ0) is 13.9. The first kappa shape index (κ1) is 14.4. The van der Waals surface area contributed by atoms with Crippen molar-refractivity contribution >= 4 is 0 Å². The third-order valence-electron chi connectivity index (χ3n) is 4.80. The molecule has 3 heteroatoms. The Kier molecular flexibility index (Phi) is 4.48. The average Bonchev–Trinajstić information content (AvgIpc) is 2.85. The van der Waals surface area contributed by atoms with Crippen LogP contribution >= 0.6 is 0 Å². The lowest BCUT2D eigenvalue weighted by atomic mass is 9.89. The van der Waals surface area contributed by atoms with Crippen LogP contribution in [0.5, 0.6) is 5.75 Å². The summed E-state index contributed by atoms with van der Waals surface area (Å²) in [4.78, 5) is 2.43. The van der Waals surface area contributed by atoms with Crippen molar-refractivity contribution in [1.29, 1.82) is 0 Å². The summed E-state index contributed by atoms with van der Waals surface area (Å²) in [7, 11) is 2.20. The van der Waals surface area contributed by atoms with Crippen LogP contribution in [0.3, 0.4) is 0 Å². The molecule has 0 saturated carbocycles. The Hall–Kier alpha value is -1.06. The van der Waals surface area contributed by atoms with Gasteiger partial charge in [0.1, 0.15) is 5.75 Å². The van der Waals surface area contributed by atoms with Gasteiger partial charge in [0.15, 0.2) is 0 Å². The van der Waals surface area contributed by atoms with Gasteiger partial charge in [0, 0.05) is 30.1 Å². The minimum absolute atomic E-state index is 0.123. The quantitative estimate of drug-likeness (QED) is 0.856. The van der Waals surface area contributed by atoms with Crippen molar-refractivity contribution in [3.63, 3.8) is 0 Å². The largest absolute Gasteiger partial charge is 0.493 e. The van der Waals surface area contributed by atoms with Crippen LogP contribution < -0.4 is 10.5 Å². The first-order chi connectivity index (χ1) is 9.16. The van der Waals surface area contributed by atoms with Gasteiger partial charge in [0.2, 0.25) is 0 Å². The van der Waals surface area contributed by atoms with E-state index >= 15 is 0 Å². The fourth-order valence-corrected chi connectivity index (χ4v) is 3.14. The van der Waals surface area contributed by atoms with Crippen LogP contribution in [-0.2, 0) is 0 Å². The third kappa shape index (κ3) is 2.63. The Morgan fingerprint density at radius 2 is 2.00 bits per heavy atom. The lowest BCUT2D eigenvalue weighted by Crippen LogP contribution is -2.52. The predicted molar refractivity (Wildman–Crippen MR) is 79.7 cm³/mol. The summed E-state index contributed by atoms with van der Waals surface area (Å²) in [5, 5.41) is 0. The highest BCUT2D eigenvalue weighted by Gasteiger charge is 2.33. The molecule has 0 radical (unpaired) electrons. The second-order valence-electron chi connectivity index (χ2n) is 5.56. The summed E-state index contributed by atoms with van der Waals surface area (Å²) in [5.74, 6) is 1.51. The second-order valence-corrected chi connectivity index (χ2v) is 5.56. The molecule has 1 unspecified atom stereocenters. The maximum Gasteiger partial charge on any atom is 0.122 e. The van der Waals surface area contributed by atoms with Gasteiger partial charge in [-0.25, -0.2) is 0 Å². The van der Waals surface area contributed by atoms with Crippen LogP contribution in [-0.4, -0.2) is 37.2 Å². The molecule has 1 aromatic rings. The molecule has 1 atom stereocenters. The number of para-hydroxylation sites is 1. The van der Waals surface area contributed by atoms with E-state index < -0.39 is 0 Å². The van der Waals surface area contributed by atoms with Gasteiger partial charge in [-0.1, -0.05) is 32.0 Å². The van der Waals surface area contributed by atoms with Crippen molar-refractivity contribution in [1.82, 2.24) is 4.90 Å². The summed E-state index contributed by atoms with van der Waals surface area (Å²) in [6, 6.07) is 8.37. The van der Waals surface area contributed by atoms with Crippen molar-refractivity contribution in [2.45, 2.75) is 38.1 Å². The Labute approximate surface area is 116 Å². The molecule has 0 saturated heterocycles. The van der Waals surface area contributed by atoms with E-state index in [9.17, 15) is 0 Å². The standard InChI is InChI=1S/C16H26N2O/c1-4-16(5-2,12-17)18(3)10-13-11-19-15-9-7-6-8-14(13)15/h6-9,13H,4-5,10-12,17H2,1-3H3. The number of benzene rings is 1. The molecule has 1 aliphatic rings. The highest BCUT2D eigenvalue weighted by Crippen LogP contribution is 2.35. The minimum atomic E-state index is 0.123. The van der Waals surface area contributed by atoms with E-state index in [0.29, 0.717) is 12.5 Å². The molecule has 1 aromatic carbocycles. The predicted octanol–water partition coefficient (Wildman–Crippen LogP) is 2.61. The van der Waals surface area contributed by atoms with Crippen molar-refractivity contribution in [3.05, 3.63) is 29.8 Å². The van der Waals surface area contributed by atoms with Crippen LogP contribution in [0.1, 0.15) is 38.2 Å². The van der Waals surface area contributed by atoms with E-state index in [2.05, 4.69) is 44.0 Å². The third-order valence-corrected chi connectivity index (χ3v) is 4.80. The molecular weight excluding hydrogens is 236 g/mol. The Morgan fingerprint density at radius 1 is 1.32 bits per heavy atom. The zero-order valence-corrected chi connectivity index (χ0v) is 12.4. The fourth-order valence-electron chi connectivity index (χ4n) is 3.14. The van der Waals surface area contributed by atoms with E-state index in [4.69, 9.17) is 10.5 Å². The highest BCUT2D eigenvalue weighted by molar-refractivity contribution is 5.39. The van der Waals surface area contributed by atoms with Crippen LogP contribution in [0.25, 0.3) is 0 Å². The SMILES string of the molecule is CCC(CC)(CN)N(C)CC1COc2ccccc21. The number of hydrogen-bond acceptors (Lipinski definition) is 3. The Bertz CT molecular complexity index is 407. The van der Waals surface area contributed by atoms with E-state index in [1.54, 1.807) is 0 Å². The van der Waals surface area contributed by atoms with Crippen LogP contribution in [0.2, 0.25) is 0 Å². The molecule has 0 aromatic heterocycles. The molecule has 0 fully saturated rings. The summed E-state index contributed by atoms with van der Waals surface area (Å²) in [6.45, 7) is 6.97. The van der Waals surface area contributed by atoms with E-state index in [-0.39, 0.29) is 5.54 Å². The summed E-state index contributed by atoms with van der Waals surface area (Å²) < 4.78 is 5.77. The number of likely N-dealkylation sites (N-methyl/N-ethyl adjacent to an activating group) is 1. The molecule has 2 rings (SSSR count). The smallest absolute Gasteiger partial charge is 0.122 e. The monoisotopic (exact) mass is 262 g/mol. The minimum Gasteiger partial charge on any atom is -0.493 e. The number of nitrogens with two attached hydrogens (primary N) is 1. The zero-order valence-electron chi connectivity index (χ0n) is 12.4. The lowest BCUT2D eigenvalue weighted by molar-refractivity contribution is 0.104. The van der Waals surface area contributed by atoms with Gasteiger partial charge in [-0.3, -0.25) is 4.90 Å². The van der Waals surface area contributed by atoms with Gasteiger partial charge in [0.25, 0.3) is 0 Å². The van der Waals surface area contributed by atoms with Gasteiger partial charge < -0.3 is 10.5 Å². The Balaban J connectivity index is 2.10. The van der Waals surface area contributed by atoms with Crippen LogP contribution in [0.15, 0.2) is 24.3 Å². The summed E-state index contributed by atoms with van der Waals surface area (Å²) in [6.07, 6.45) is 2.18. The van der Waals surface area contributed by atoms with E-state index in [1.807, 2.05) is 6.07 Å². The normalized spacial score (nSPS) is 18.5. The Morgan fingerprint density at radius 3 is 2.63 bits per heavy atom. The number of fused-ring (bicyclic) bond motifs is 1. The van der Waals surface area contributed by atoms with E-state index in [0.717, 1.165) is 31.7 Å². The summed E-state index contributed by atoms with van der Waals surface area (Å²) >= 11 is 0. The first-order valence-corrected chi connectivity index (χ1v) is 7.30. The number of nitrogens with zero attached hydrogens (tertiary/aromatic N) is 1. The van der Waals surface area contributed by atoms with Gasteiger partial charge in [-0.05, 0) is 26.0 Å². The molecule has 19 heavy (non-hydrogen) atoms. The molecule has 1 aliphatic heterocycles. The molecule has 1 heterocycles. The van der Waals surface area contributed by atoms with E-state index in [1.165, 1.54) is 5.56 Å². The molecule has 3 nitrogen and oxygen atoms in total. The molecule has 106 valence electrons. The molecule has 0 amide bonds. The van der Waals surface area contributed by atoms with Gasteiger partial charge >= 0.3 is 0 Å². The van der Waals surface area contributed by atoms with Crippen molar-refractivity contribution in [2.24, 2.45) is 5.73 Å². The number of hydrogen-bond donors (Lipinski definition) is 1. The molecule has 2 N–H and O–H groups in total. The highest BCUT2D eigenvalue weighted by atomic mass is 16.5. The molecule has 0 bridgehead atoms. The van der Waals surface area contributed by atoms with Crippen LogP contribution in [0, 0.1) is 0 Å². The van der Waals surface area contributed by atoms with Gasteiger partial charge in [0.05, 0.1) is 6.61 Å². The fraction of sp³-hybridized carbons (Fsp3) is 0.625. The first-order valence-electron chi connectivity index (χ1n) is 7.30. The van der Waals surface area contributed by atoms with Gasteiger partial charge in [-0.15, -0.1) is 0 Å². The number of rotatable bonds is 6. The van der Waals surface area contributed by atoms with Crippen molar-refractivity contribution in [3.8, 4) is 5.75 Å².